The van der Waals surface area contributed by atoms with Crippen LogP contribution >= 0.6 is 0 Å². The average Bonchev–Trinajstić information content (AvgIpc) is 2.48. The van der Waals surface area contributed by atoms with Crippen LogP contribution in [-0.2, 0) is 10.2 Å². The van der Waals surface area contributed by atoms with Crippen molar-refractivity contribution in [3.8, 4) is 0 Å². The lowest BCUT2D eigenvalue weighted by Crippen LogP contribution is -2.31. The minimum Gasteiger partial charge on any atom is -0.374 e. The summed E-state index contributed by atoms with van der Waals surface area (Å²) in [6.45, 7) is 8.41. The molecular weight excluding hydrogens is 272 g/mol. The Morgan fingerprint density at radius 2 is 1.50 bits per heavy atom. The highest BCUT2D eigenvalue weighted by atomic mass is 16.2. The van der Waals surface area contributed by atoms with Gasteiger partial charge in [-0.3, -0.25) is 4.79 Å². The highest BCUT2D eigenvalue weighted by molar-refractivity contribution is 5.96. The summed E-state index contributed by atoms with van der Waals surface area (Å²) >= 11 is 0. The molecule has 2 aromatic carbocycles. The van der Waals surface area contributed by atoms with Gasteiger partial charge in [-0.25, -0.2) is 0 Å². The van der Waals surface area contributed by atoms with E-state index >= 15 is 0 Å². The Labute approximate surface area is 132 Å². The summed E-state index contributed by atoms with van der Waals surface area (Å²) in [6, 6.07) is 17.4. The average molecular weight is 296 g/mol. The largest absolute Gasteiger partial charge is 0.374 e. The molecule has 2 rings (SSSR count). The van der Waals surface area contributed by atoms with Crippen molar-refractivity contribution in [2.45, 2.75) is 39.2 Å². The van der Waals surface area contributed by atoms with Crippen LogP contribution in [0.25, 0.3) is 0 Å². The number of nitrogens with one attached hydrogen (secondary N) is 2. The van der Waals surface area contributed by atoms with Crippen molar-refractivity contribution in [1.82, 2.24) is 0 Å². The van der Waals surface area contributed by atoms with Crippen molar-refractivity contribution in [3.63, 3.8) is 0 Å². The van der Waals surface area contributed by atoms with Crippen molar-refractivity contribution in [1.29, 1.82) is 0 Å². The van der Waals surface area contributed by atoms with Gasteiger partial charge in [0.05, 0.1) is 0 Å². The number of para-hydroxylation sites is 1. The highest BCUT2D eigenvalue weighted by Gasteiger charge is 2.15. The minimum atomic E-state index is -0.305. The standard InChI is InChI=1S/C19H24N2O/c1-14(18(22)21-16-8-6-5-7-9-16)20-17-12-10-15(11-13-17)19(2,3)4/h5-14,20H,1-4H3,(H,21,22)/t14-/m1/s1. The number of amides is 1. The number of anilines is 2. The zero-order chi connectivity index (χ0) is 16.2. The summed E-state index contributed by atoms with van der Waals surface area (Å²) in [5.74, 6) is -0.0499. The van der Waals surface area contributed by atoms with E-state index in [-0.39, 0.29) is 17.4 Å². The van der Waals surface area contributed by atoms with E-state index in [4.69, 9.17) is 0 Å². The van der Waals surface area contributed by atoms with Crippen LogP contribution in [0.3, 0.4) is 0 Å². The van der Waals surface area contributed by atoms with Crippen LogP contribution in [0, 0.1) is 0 Å². The Balaban J connectivity index is 1.96. The van der Waals surface area contributed by atoms with Gasteiger partial charge in [-0.15, -0.1) is 0 Å². The summed E-state index contributed by atoms with van der Waals surface area (Å²) in [5, 5.41) is 6.12. The van der Waals surface area contributed by atoms with Gasteiger partial charge in [0.1, 0.15) is 6.04 Å². The van der Waals surface area contributed by atoms with Crippen molar-refractivity contribution < 1.29 is 4.79 Å². The zero-order valence-corrected chi connectivity index (χ0v) is 13.7. The molecule has 116 valence electrons. The van der Waals surface area contributed by atoms with Crippen molar-refractivity contribution in [2.24, 2.45) is 0 Å². The smallest absolute Gasteiger partial charge is 0.246 e. The molecule has 0 aliphatic carbocycles. The molecule has 0 radical (unpaired) electrons. The molecule has 22 heavy (non-hydrogen) atoms. The Kier molecular flexibility index (Phi) is 4.86. The van der Waals surface area contributed by atoms with Crippen LogP contribution in [0.1, 0.15) is 33.3 Å². The summed E-state index contributed by atoms with van der Waals surface area (Å²) in [6.07, 6.45) is 0. The first kappa shape index (κ1) is 16.1. The molecule has 0 aliphatic rings. The van der Waals surface area contributed by atoms with E-state index in [0.29, 0.717) is 0 Å². The summed E-state index contributed by atoms with van der Waals surface area (Å²) in [5.41, 5.74) is 3.17. The van der Waals surface area contributed by atoms with E-state index < -0.39 is 0 Å². The maximum absolute atomic E-state index is 12.2. The third-order valence-electron chi connectivity index (χ3n) is 3.57. The Bertz CT molecular complexity index is 612. The molecule has 3 nitrogen and oxygen atoms in total. The van der Waals surface area contributed by atoms with E-state index in [0.717, 1.165) is 11.4 Å². The van der Waals surface area contributed by atoms with Gasteiger partial charge in [0.2, 0.25) is 5.91 Å². The third-order valence-corrected chi connectivity index (χ3v) is 3.57. The van der Waals surface area contributed by atoms with E-state index in [9.17, 15) is 4.79 Å². The number of carbonyl (C=O) groups is 1. The maximum atomic E-state index is 12.2. The normalized spacial score (nSPS) is 12.5. The predicted molar refractivity (Wildman–Crippen MR) is 93.3 cm³/mol. The van der Waals surface area contributed by atoms with E-state index in [1.165, 1.54) is 5.56 Å². The van der Waals surface area contributed by atoms with Gasteiger partial charge in [-0.2, -0.15) is 0 Å². The van der Waals surface area contributed by atoms with Gasteiger partial charge in [0.15, 0.2) is 0 Å². The second-order valence-electron chi connectivity index (χ2n) is 6.55. The van der Waals surface area contributed by atoms with Crippen LogP contribution in [-0.4, -0.2) is 11.9 Å². The summed E-state index contributed by atoms with van der Waals surface area (Å²) < 4.78 is 0. The molecule has 2 N–H and O–H groups in total. The molecular formula is C19H24N2O. The van der Waals surface area contributed by atoms with Crippen LogP contribution in [0.15, 0.2) is 54.6 Å². The topological polar surface area (TPSA) is 41.1 Å². The molecule has 0 aromatic heterocycles. The predicted octanol–water partition coefficient (Wildman–Crippen LogP) is 4.42. The fraction of sp³-hybridized carbons (Fsp3) is 0.316. The first-order valence-corrected chi connectivity index (χ1v) is 7.59. The molecule has 2 aromatic rings. The van der Waals surface area contributed by atoms with Gasteiger partial charge in [0.25, 0.3) is 0 Å². The van der Waals surface area contributed by atoms with Crippen LogP contribution < -0.4 is 10.6 Å². The van der Waals surface area contributed by atoms with E-state index in [1.54, 1.807) is 0 Å². The summed E-state index contributed by atoms with van der Waals surface area (Å²) in [4.78, 5) is 12.2. The second kappa shape index (κ2) is 6.65. The number of rotatable bonds is 4. The Hall–Kier alpha value is -2.29. The second-order valence-corrected chi connectivity index (χ2v) is 6.55. The number of carbonyl (C=O) groups excluding carboxylic acids is 1. The van der Waals surface area contributed by atoms with Gasteiger partial charge in [-0.05, 0) is 42.2 Å². The fourth-order valence-corrected chi connectivity index (χ4v) is 2.15. The Morgan fingerprint density at radius 1 is 0.909 bits per heavy atom. The fourth-order valence-electron chi connectivity index (χ4n) is 2.15. The quantitative estimate of drug-likeness (QED) is 0.876. The van der Waals surface area contributed by atoms with Crippen molar-refractivity contribution in [3.05, 3.63) is 60.2 Å². The molecule has 0 fully saturated rings. The van der Waals surface area contributed by atoms with Crippen molar-refractivity contribution in [2.75, 3.05) is 10.6 Å². The first-order valence-electron chi connectivity index (χ1n) is 7.59. The molecule has 0 aliphatic heterocycles. The SMILES string of the molecule is C[C@@H](Nc1ccc(C(C)(C)C)cc1)C(=O)Nc1ccccc1. The van der Waals surface area contributed by atoms with Crippen LogP contribution in [0.2, 0.25) is 0 Å². The first-order chi connectivity index (χ1) is 10.4. The van der Waals surface area contributed by atoms with Gasteiger partial charge < -0.3 is 10.6 Å². The van der Waals surface area contributed by atoms with E-state index in [1.807, 2.05) is 49.4 Å². The van der Waals surface area contributed by atoms with Crippen LogP contribution in [0.4, 0.5) is 11.4 Å². The lowest BCUT2D eigenvalue weighted by Gasteiger charge is -2.20. The van der Waals surface area contributed by atoms with Gasteiger partial charge in [0, 0.05) is 11.4 Å². The molecule has 1 amide bonds. The number of hydrogen-bond donors (Lipinski definition) is 2. The molecule has 0 unspecified atom stereocenters. The highest BCUT2D eigenvalue weighted by Crippen LogP contribution is 2.23. The lowest BCUT2D eigenvalue weighted by molar-refractivity contribution is -0.116. The van der Waals surface area contributed by atoms with Crippen LogP contribution in [0.5, 0.6) is 0 Å². The maximum Gasteiger partial charge on any atom is 0.246 e. The lowest BCUT2D eigenvalue weighted by atomic mass is 9.87. The molecule has 1 atom stereocenters. The van der Waals surface area contributed by atoms with Crippen molar-refractivity contribution >= 4 is 17.3 Å². The van der Waals surface area contributed by atoms with E-state index in [2.05, 4.69) is 43.5 Å². The molecule has 0 saturated carbocycles. The zero-order valence-electron chi connectivity index (χ0n) is 13.7. The monoisotopic (exact) mass is 296 g/mol. The molecule has 3 heteroatoms. The Morgan fingerprint density at radius 3 is 2.05 bits per heavy atom. The van der Waals surface area contributed by atoms with Gasteiger partial charge in [-0.1, -0.05) is 51.1 Å². The number of hydrogen-bond acceptors (Lipinski definition) is 2. The summed E-state index contributed by atoms with van der Waals surface area (Å²) in [7, 11) is 0. The minimum absolute atomic E-state index is 0.0499. The molecule has 0 bridgehead atoms. The number of benzene rings is 2. The molecule has 0 spiro atoms. The van der Waals surface area contributed by atoms with Gasteiger partial charge >= 0.3 is 0 Å². The molecule has 0 heterocycles. The molecule has 0 saturated heterocycles. The third kappa shape index (κ3) is 4.35.